The van der Waals surface area contributed by atoms with E-state index in [4.69, 9.17) is 15.6 Å². The van der Waals surface area contributed by atoms with Crippen LogP contribution in [0, 0.1) is 10.1 Å². The van der Waals surface area contributed by atoms with Crippen LogP contribution in [0.1, 0.15) is 18.1 Å². The average molecular weight is 269 g/mol. The summed E-state index contributed by atoms with van der Waals surface area (Å²) in [6, 6.07) is 0.992. The predicted molar refractivity (Wildman–Crippen MR) is 62.5 cm³/mol. The normalized spacial score (nSPS) is 22.7. The monoisotopic (exact) mass is 269 g/mol. The zero-order valence-corrected chi connectivity index (χ0v) is 9.66. The predicted octanol–water partition coefficient (Wildman–Crippen LogP) is -0.743. The first-order valence-corrected chi connectivity index (χ1v) is 5.40. The Kier molecular flexibility index (Phi) is 3.32. The van der Waals surface area contributed by atoms with Gasteiger partial charge in [0.2, 0.25) is 0 Å². The van der Waals surface area contributed by atoms with E-state index in [2.05, 4.69) is 4.98 Å². The molecule has 19 heavy (non-hydrogen) atoms. The number of carbonyl (C=O) groups is 1. The number of rotatable bonds is 3. The molecule has 1 aromatic rings. The Balaban J connectivity index is 2.41. The highest BCUT2D eigenvalue weighted by molar-refractivity contribution is 5.85. The van der Waals surface area contributed by atoms with Crippen molar-refractivity contribution in [2.45, 2.75) is 18.6 Å². The molecule has 4 N–H and O–H groups in total. The molecule has 2 heterocycles. The summed E-state index contributed by atoms with van der Waals surface area (Å²) in [6.07, 6.45) is -2.02. The number of aromatic amines is 1. The standard InChI is InChI=1S/C10H11N3O6/c11-9-5(13(17)18)1-4(10(16)12-9)7-2-6(15)8(3-14)19-7/h1,7-8,14H,2-3H2,(H3,11,12,16)/t7-,8-/m1/s1. The van der Waals surface area contributed by atoms with Crippen LogP contribution in [0.3, 0.4) is 0 Å². The number of carbonyl (C=O) groups excluding carboxylic acids is 1. The number of aliphatic hydroxyl groups excluding tert-OH is 1. The van der Waals surface area contributed by atoms with Gasteiger partial charge in [-0.2, -0.15) is 0 Å². The minimum absolute atomic E-state index is 0.0507. The number of nitrogen functional groups attached to an aromatic ring is 1. The molecule has 0 amide bonds. The number of Topliss-reactive ketones (excluding diaryl/α,β-unsaturated/α-hetero) is 1. The molecule has 9 heteroatoms. The molecule has 0 spiro atoms. The van der Waals surface area contributed by atoms with Crippen LogP contribution in [0.2, 0.25) is 0 Å². The molecule has 2 rings (SSSR count). The van der Waals surface area contributed by atoms with E-state index >= 15 is 0 Å². The van der Waals surface area contributed by atoms with E-state index in [1.165, 1.54) is 0 Å². The molecule has 1 saturated heterocycles. The summed E-state index contributed by atoms with van der Waals surface area (Å²) in [5.74, 6) is -0.715. The van der Waals surface area contributed by atoms with Crippen molar-refractivity contribution in [2.24, 2.45) is 0 Å². The lowest BCUT2D eigenvalue weighted by molar-refractivity contribution is -0.384. The van der Waals surface area contributed by atoms with Crippen LogP contribution in [0.5, 0.6) is 0 Å². The van der Waals surface area contributed by atoms with Crippen LogP contribution >= 0.6 is 0 Å². The second-order valence-corrected chi connectivity index (χ2v) is 4.08. The van der Waals surface area contributed by atoms with Crippen molar-refractivity contribution < 1.29 is 19.6 Å². The van der Waals surface area contributed by atoms with Crippen molar-refractivity contribution in [3.05, 3.63) is 32.1 Å². The van der Waals surface area contributed by atoms with Gasteiger partial charge in [-0.15, -0.1) is 0 Å². The number of H-pyrrole nitrogens is 1. The first kappa shape index (κ1) is 13.2. The molecule has 1 aromatic heterocycles. The Hall–Kier alpha value is -2.26. The van der Waals surface area contributed by atoms with Gasteiger partial charge in [-0.3, -0.25) is 19.7 Å². The number of anilines is 1. The molecular formula is C10H11N3O6. The molecule has 0 bridgehead atoms. The Labute approximate surface area is 106 Å². The Morgan fingerprint density at radius 3 is 2.79 bits per heavy atom. The van der Waals surface area contributed by atoms with Crippen molar-refractivity contribution in [1.82, 2.24) is 4.98 Å². The molecule has 0 aliphatic carbocycles. The summed E-state index contributed by atoms with van der Waals surface area (Å²) < 4.78 is 5.18. The molecule has 0 radical (unpaired) electrons. The number of pyridine rings is 1. The van der Waals surface area contributed by atoms with Gasteiger partial charge >= 0.3 is 5.69 Å². The fraction of sp³-hybridized carbons (Fsp3) is 0.400. The van der Waals surface area contributed by atoms with Gasteiger partial charge in [0.25, 0.3) is 5.56 Å². The molecular weight excluding hydrogens is 258 g/mol. The van der Waals surface area contributed by atoms with Gasteiger partial charge in [-0.1, -0.05) is 0 Å². The van der Waals surface area contributed by atoms with E-state index in [0.29, 0.717) is 0 Å². The molecule has 0 saturated carbocycles. The molecule has 1 aliphatic rings. The molecule has 102 valence electrons. The van der Waals surface area contributed by atoms with Gasteiger partial charge in [-0.05, 0) is 0 Å². The number of aromatic nitrogens is 1. The van der Waals surface area contributed by atoms with Crippen molar-refractivity contribution in [1.29, 1.82) is 0 Å². The number of ketones is 1. The summed E-state index contributed by atoms with van der Waals surface area (Å²) in [5, 5.41) is 19.6. The van der Waals surface area contributed by atoms with Crippen LogP contribution in [0.15, 0.2) is 10.9 Å². The van der Waals surface area contributed by atoms with Gasteiger partial charge in [0.15, 0.2) is 11.6 Å². The highest BCUT2D eigenvalue weighted by atomic mass is 16.6. The topological polar surface area (TPSA) is 149 Å². The van der Waals surface area contributed by atoms with Crippen molar-refractivity contribution in [3.63, 3.8) is 0 Å². The first-order valence-electron chi connectivity index (χ1n) is 5.40. The molecule has 1 aliphatic heterocycles. The van der Waals surface area contributed by atoms with Crippen LogP contribution in [-0.4, -0.2) is 33.5 Å². The number of nitrogens with one attached hydrogen (secondary N) is 1. The third-order valence-corrected chi connectivity index (χ3v) is 2.86. The SMILES string of the molecule is Nc1[nH]c(=O)c([C@H]2CC(=O)[C@@H](CO)O2)cc1[N+](=O)[O-]. The lowest BCUT2D eigenvalue weighted by atomic mass is 10.1. The minimum atomic E-state index is -0.999. The Bertz CT molecular complexity index is 595. The number of ether oxygens (including phenoxy) is 1. The van der Waals surface area contributed by atoms with E-state index in [0.717, 1.165) is 6.07 Å². The number of nitrogens with zero attached hydrogens (tertiary/aromatic N) is 1. The zero-order chi connectivity index (χ0) is 14.2. The number of hydrogen-bond acceptors (Lipinski definition) is 7. The van der Waals surface area contributed by atoms with Crippen molar-refractivity contribution in [2.75, 3.05) is 12.3 Å². The van der Waals surface area contributed by atoms with Crippen molar-refractivity contribution in [3.8, 4) is 0 Å². The lowest BCUT2D eigenvalue weighted by Crippen LogP contribution is -2.21. The number of nitro groups is 1. The third kappa shape index (κ3) is 2.33. The van der Waals surface area contributed by atoms with Gasteiger partial charge in [-0.25, -0.2) is 0 Å². The number of nitrogens with two attached hydrogens (primary N) is 1. The van der Waals surface area contributed by atoms with E-state index < -0.39 is 35.0 Å². The van der Waals surface area contributed by atoms with Gasteiger partial charge in [0, 0.05) is 12.5 Å². The van der Waals surface area contributed by atoms with Crippen LogP contribution in [0.4, 0.5) is 11.5 Å². The van der Waals surface area contributed by atoms with Gasteiger partial charge < -0.3 is 20.6 Å². The van der Waals surface area contributed by atoms with Gasteiger partial charge in [0.05, 0.1) is 23.2 Å². The first-order chi connectivity index (χ1) is 8.93. The molecule has 0 aromatic carbocycles. The highest BCUT2D eigenvalue weighted by Crippen LogP contribution is 2.31. The maximum absolute atomic E-state index is 11.7. The summed E-state index contributed by atoms with van der Waals surface area (Å²) in [7, 11) is 0. The van der Waals surface area contributed by atoms with Gasteiger partial charge in [0.1, 0.15) is 6.10 Å². The quantitative estimate of drug-likeness (QED) is 0.483. The fourth-order valence-corrected chi connectivity index (χ4v) is 1.90. The van der Waals surface area contributed by atoms with Crippen LogP contribution < -0.4 is 11.3 Å². The van der Waals surface area contributed by atoms with Crippen LogP contribution in [0.25, 0.3) is 0 Å². The average Bonchev–Trinajstić information content (AvgIpc) is 2.69. The third-order valence-electron chi connectivity index (χ3n) is 2.86. The Morgan fingerprint density at radius 2 is 2.26 bits per heavy atom. The molecule has 0 unspecified atom stereocenters. The Morgan fingerprint density at radius 1 is 1.58 bits per heavy atom. The van der Waals surface area contributed by atoms with E-state index in [1.54, 1.807) is 0 Å². The maximum Gasteiger partial charge on any atom is 0.309 e. The summed E-state index contributed by atoms with van der Waals surface area (Å²) in [6.45, 7) is -0.496. The van der Waals surface area contributed by atoms with Crippen LogP contribution in [-0.2, 0) is 9.53 Å². The zero-order valence-electron chi connectivity index (χ0n) is 9.66. The second kappa shape index (κ2) is 4.78. The lowest BCUT2D eigenvalue weighted by Gasteiger charge is -2.10. The second-order valence-electron chi connectivity index (χ2n) is 4.08. The molecule has 9 nitrogen and oxygen atoms in total. The largest absolute Gasteiger partial charge is 0.393 e. The number of aliphatic hydroxyl groups is 1. The van der Waals surface area contributed by atoms with Crippen molar-refractivity contribution >= 4 is 17.3 Å². The molecule has 1 fully saturated rings. The fourth-order valence-electron chi connectivity index (χ4n) is 1.90. The smallest absolute Gasteiger partial charge is 0.309 e. The molecule has 2 atom stereocenters. The van der Waals surface area contributed by atoms with E-state index in [-0.39, 0.29) is 23.6 Å². The van der Waals surface area contributed by atoms with E-state index in [9.17, 15) is 19.7 Å². The number of hydrogen-bond donors (Lipinski definition) is 3. The summed E-state index contributed by atoms with van der Waals surface area (Å²) in [4.78, 5) is 35.3. The highest BCUT2D eigenvalue weighted by Gasteiger charge is 2.36. The maximum atomic E-state index is 11.7. The summed E-state index contributed by atoms with van der Waals surface area (Å²) >= 11 is 0. The van der Waals surface area contributed by atoms with E-state index in [1.807, 2.05) is 0 Å². The summed E-state index contributed by atoms with van der Waals surface area (Å²) in [5.41, 5.74) is 4.16. The minimum Gasteiger partial charge on any atom is -0.393 e.